The summed E-state index contributed by atoms with van der Waals surface area (Å²) in [4.78, 5) is 23.9. The van der Waals surface area contributed by atoms with Crippen LogP contribution in [-0.2, 0) is 14.3 Å². The van der Waals surface area contributed by atoms with Crippen LogP contribution in [0.1, 0.15) is 6.92 Å². The highest BCUT2D eigenvalue weighted by molar-refractivity contribution is 6.13. The van der Waals surface area contributed by atoms with Gasteiger partial charge in [0.25, 0.3) is 0 Å². The second-order valence-electron chi connectivity index (χ2n) is 4.69. The quantitative estimate of drug-likeness (QED) is 0.601. The van der Waals surface area contributed by atoms with Gasteiger partial charge in [-0.1, -0.05) is 19.1 Å². The maximum Gasteiger partial charge on any atom is 0.202 e. The Morgan fingerprint density at radius 2 is 2.07 bits per heavy atom. The predicted molar refractivity (Wildman–Crippen MR) is 52.8 cm³/mol. The first-order valence-electron chi connectivity index (χ1n) is 5.13. The monoisotopic (exact) mass is 204 g/mol. The van der Waals surface area contributed by atoms with Gasteiger partial charge in [-0.2, -0.15) is 0 Å². The van der Waals surface area contributed by atoms with Gasteiger partial charge in [0, 0.05) is 17.4 Å². The second kappa shape index (κ2) is 2.40. The van der Waals surface area contributed by atoms with E-state index in [1.807, 2.05) is 19.1 Å². The van der Waals surface area contributed by atoms with E-state index in [4.69, 9.17) is 4.74 Å². The molecular formula is C12H12O3. The summed E-state index contributed by atoms with van der Waals surface area (Å²) in [6, 6.07) is 0. The number of hydrogen-bond acceptors (Lipinski definition) is 3. The van der Waals surface area contributed by atoms with E-state index in [1.165, 1.54) is 13.2 Å². The Hall–Kier alpha value is -1.38. The fourth-order valence-corrected chi connectivity index (χ4v) is 3.18. The Bertz CT molecular complexity index is 432. The topological polar surface area (TPSA) is 43.4 Å². The molecule has 3 rings (SSSR count). The van der Waals surface area contributed by atoms with E-state index in [1.54, 1.807) is 0 Å². The Balaban J connectivity index is 2.08. The van der Waals surface area contributed by atoms with E-state index < -0.39 is 5.41 Å². The van der Waals surface area contributed by atoms with Crippen LogP contribution in [0.25, 0.3) is 0 Å². The van der Waals surface area contributed by atoms with E-state index in [2.05, 4.69) is 0 Å². The van der Waals surface area contributed by atoms with Crippen molar-refractivity contribution < 1.29 is 14.3 Å². The fraction of sp³-hybridized carbons (Fsp3) is 0.500. The minimum Gasteiger partial charge on any atom is -0.493 e. The van der Waals surface area contributed by atoms with Crippen LogP contribution in [-0.4, -0.2) is 18.7 Å². The molecule has 1 fully saturated rings. The van der Waals surface area contributed by atoms with E-state index >= 15 is 0 Å². The van der Waals surface area contributed by atoms with Crippen LogP contribution in [0.3, 0.4) is 0 Å². The van der Waals surface area contributed by atoms with Gasteiger partial charge in [-0.25, -0.2) is 0 Å². The van der Waals surface area contributed by atoms with Gasteiger partial charge in [-0.3, -0.25) is 9.59 Å². The van der Waals surface area contributed by atoms with Crippen LogP contribution >= 0.6 is 0 Å². The molecule has 0 aromatic carbocycles. The minimum atomic E-state index is -0.488. The van der Waals surface area contributed by atoms with Crippen molar-refractivity contribution in [3.05, 3.63) is 24.0 Å². The van der Waals surface area contributed by atoms with Gasteiger partial charge in [0.05, 0.1) is 7.11 Å². The number of Topliss-reactive ketones (excluding diaryl/α,β-unsaturated/α-hetero) is 1. The lowest BCUT2D eigenvalue weighted by atomic mass is 9.39. The molecule has 0 N–H and O–H groups in total. The number of allylic oxidation sites excluding steroid dienone is 4. The SMILES string of the molecule is COC1=CC(=O)[C@]2(C)[C@H](C1=O)[C@@H]1C=C[C@@H]12. The van der Waals surface area contributed by atoms with Crippen molar-refractivity contribution in [3.63, 3.8) is 0 Å². The first-order chi connectivity index (χ1) is 7.10. The van der Waals surface area contributed by atoms with Gasteiger partial charge in [-0.15, -0.1) is 0 Å². The highest BCUT2D eigenvalue weighted by Gasteiger charge is 2.68. The maximum atomic E-state index is 12.0. The van der Waals surface area contributed by atoms with Gasteiger partial charge < -0.3 is 4.74 Å². The van der Waals surface area contributed by atoms with Crippen LogP contribution < -0.4 is 0 Å². The van der Waals surface area contributed by atoms with Crippen LogP contribution in [0.2, 0.25) is 0 Å². The summed E-state index contributed by atoms with van der Waals surface area (Å²) in [5, 5.41) is 0. The average molecular weight is 204 g/mol. The summed E-state index contributed by atoms with van der Waals surface area (Å²) in [5.41, 5.74) is -0.488. The minimum absolute atomic E-state index is 0.00907. The molecule has 0 bridgehead atoms. The molecule has 0 amide bonds. The predicted octanol–water partition coefficient (Wildman–Crippen LogP) is 1.11. The average Bonchev–Trinajstić information content (AvgIpc) is 2.16. The van der Waals surface area contributed by atoms with Crippen LogP contribution in [0.5, 0.6) is 0 Å². The second-order valence-corrected chi connectivity index (χ2v) is 4.69. The number of carbonyl (C=O) groups excluding carboxylic acids is 2. The Morgan fingerprint density at radius 3 is 2.60 bits per heavy atom. The molecule has 15 heavy (non-hydrogen) atoms. The standard InChI is InChI=1S/C12H12O3/c1-12-7-4-3-6(7)10(12)11(14)8(15-2)5-9(12)13/h3-7,10H,1-2H3/t6-,7+,10+,12-/m1/s1. The zero-order valence-electron chi connectivity index (χ0n) is 8.69. The number of hydrogen-bond donors (Lipinski definition) is 0. The van der Waals surface area contributed by atoms with Crippen molar-refractivity contribution in [2.75, 3.05) is 7.11 Å². The summed E-state index contributed by atoms with van der Waals surface area (Å²) in [6.45, 7) is 1.89. The lowest BCUT2D eigenvalue weighted by Crippen LogP contribution is -2.65. The molecule has 1 saturated carbocycles. The molecule has 4 atom stereocenters. The van der Waals surface area contributed by atoms with Crippen molar-refractivity contribution in [2.24, 2.45) is 23.2 Å². The van der Waals surface area contributed by atoms with Gasteiger partial charge in [0.15, 0.2) is 11.5 Å². The molecule has 0 aromatic rings. The molecule has 0 aliphatic heterocycles. The first-order valence-corrected chi connectivity index (χ1v) is 5.13. The molecule has 0 aromatic heterocycles. The van der Waals surface area contributed by atoms with E-state index in [9.17, 15) is 9.59 Å². The van der Waals surface area contributed by atoms with E-state index in [0.717, 1.165) is 0 Å². The lowest BCUT2D eigenvalue weighted by Gasteiger charge is -2.61. The third kappa shape index (κ3) is 0.748. The number of carbonyl (C=O) groups is 2. The zero-order chi connectivity index (χ0) is 10.8. The number of ether oxygens (including phenoxy) is 1. The third-order valence-corrected chi connectivity index (χ3v) is 4.22. The molecule has 0 radical (unpaired) electrons. The molecule has 0 spiro atoms. The Kier molecular flexibility index (Phi) is 1.43. The van der Waals surface area contributed by atoms with Crippen molar-refractivity contribution in [1.29, 1.82) is 0 Å². The van der Waals surface area contributed by atoms with Gasteiger partial charge in [-0.05, 0) is 11.8 Å². The summed E-state index contributed by atoms with van der Waals surface area (Å²) in [5.74, 6) is 0.611. The number of methoxy groups -OCH3 is 1. The third-order valence-electron chi connectivity index (χ3n) is 4.22. The van der Waals surface area contributed by atoms with Crippen LogP contribution in [0.4, 0.5) is 0 Å². The molecule has 78 valence electrons. The summed E-state index contributed by atoms with van der Waals surface area (Å²) < 4.78 is 4.95. The van der Waals surface area contributed by atoms with Crippen molar-refractivity contribution in [3.8, 4) is 0 Å². The molecule has 0 heterocycles. The summed E-state index contributed by atoms with van der Waals surface area (Å²) in [7, 11) is 1.44. The number of fused-ring (bicyclic) bond motifs is 4. The highest BCUT2D eigenvalue weighted by atomic mass is 16.5. The Morgan fingerprint density at radius 1 is 1.33 bits per heavy atom. The molecule has 0 saturated heterocycles. The molecule has 3 aliphatic carbocycles. The number of ketones is 2. The van der Waals surface area contributed by atoms with Crippen molar-refractivity contribution in [1.82, 2.24) is 0 Å². The molecule has 3 aliphatic rings. The van der Waals surface area contributed by atoms with Gasteiger partial charge >= 0.3 is 0 Å². The zero-order valence-corrected chi connectivity index (χ0v) is 8.69. The van der Waals surface area contributed by atoms with Crippen molar-refractivity contribution in [2.45, 2.75) is 6.92 Å². The van der Waals surface area contributed by atoms with E-state index in [0.29, 0.717) is 0 Å². The summed E-state index contributed by atoms with van der Waals surface area (Å²) in [6.07, 6.45) is 5.43. The Labute approximate surface area is 87.8 Å². The van der Waals surface area contributed by atoms with E-state index in [-0.39, 0.29) is 35.1 Å². The van der Waals surface area contributed by atoms with Gasteiger partial charge in [0.1, 0.15) is 0 Å². The molecule has 3 nitrogen and oxygen atoms in total. The molecule has 0 unspecified atom stereocenters. The largest absolute Gasteiger partial charge is 0.493 e. The van der Waals surface area contributed by atoms with Gasteiger partial charge in [0.2, 0.25) is 5.78 Å². The first kappa shape index (κ1) is 8.89. The lowest BCUT2D eigenvalue weighted by molar-refractivity contribution is -0.162. The smallest absolute Gasteiger partial charge is 0.202 e. The van der Waals surface area contributed by atoms with Crippen LogP contribution in [0, 0.1) is 23.2 Å². The van der Waals surface area contributed by atoms with Crippen LogP contribution in [0.15, 0.2) is 24.0 Å². The number of rotatable bonds is 1. The highest BCUT2D eigenvalue weighted by Crippen LogP contribution is 2.64. The fourth-order valence-electron chi connectivity index (χ4n) is 3.18. The molecule has 3 heteroatoms. The summed E-state index contributed by atoms with van der Waals surface area (Å²) >= 11 is 0. The molecular weight excluding hydrogens is 192 g/mol. The normalized spacial score (nSPS) is 46.0. The van der Waals surface area contributed by atoms with Crippen molar-refractivity contribution >= 4 is 11.6 Å². The maximum absolute atomic E-state index is 12.0.